The van der Waals surface area contributed by atoms with Crippen molar-refractivity contribution in [3.63, 3.8) is 0 Å². The lowest BCUT2D eigenvalue weighted by Gasteiger charge is -2.22. The van der Waals surface area contributed by atoms with Gasteiger partial charge < -0.3 is 15.4 Å². The Morgan fingerprint density at radius 1 is 1.48 bits per heavy atom. The number of aromatic nitrogens is 2. The highest BCUT2D eigenvalue weighted by Crippen LogP contribution is 2.16. The molecule has 134 valence electrons. The normalized spacial score (nSPS) is 18.6. The van der Waals surface area contributed by atoms with Crippen LogP contribution in [-0.4, -0.2) is 41.4 Å². The Morgan fingerprint density at radius 2 is 2.36 bits per heavy atom. The first-order valence-corrected chi connectivity index (χ1v) is 8.88. The second-order valence-corrected chi connectivity index (χ2v) is 6.68. The number of nitrogens with zero attached hydrogens (tertiary/aromatic N) is 2. The van der Waals surface area contributed by atoms with E-state index in [4.69, 9.17) is 4.74 Å². The van der Waals surface area contributed by atoms with Crippen molar-refractivity contribution in [2.45, 2.75) is 38.8 Å². The molecule has 0 bridgehead atoms. The average Bonchev–Trinajstić information content (AvgIpc) is 3.11. The third-order valence-corrected chi connectivity index (χ3v) is 4.35. The second-order valence-electron chi connectivity index (χ2n) is 6.68. The smallest absolute Gasteiger partial charge is 0.272 e. The second kappa shape index (κ2) is 8.16. The van der Waals surface area contributed by atoms with E-state index in [0.717, 1.165) is 37.2 Å². The Labute approximate surface area is 148 Å². The molecule has 1 aromatic heterocycles. The van der Waals surface area contributed by atoms with E-state index < -0.39 is 0 Å². The maximum Gasteiger partial charge on any atom is 0.272 e. The number of ether oxygens (including phenoxy) is 1. The topological polar surface area (TPSA) is 68.2 Å². The van der Waals surface area contributed by atoms with E-state index in [0.29, 0.717) is 18.3 Å². The lowest BCUT2D eigenvalue weighted by atomic mass is 10.1. The Morgan fingerprint density at radius 3 is 3.12 bits per heavy atom. The number of nitrogens with one attached hydrogen (secondary N) is 2. The Balaban J connectivity index is 1.50. The zero-order valence-electron chi connectivity index (χ0n) is 14.9. The summed E-state index contributed by atoms with van der Waals surface area (Å²) in [7, 11) is 0. The van der Waals surface area contributed by atoms with Crippen LogP contribution in [0.5, 0.6) is 5.75 Å². The first-order valence-electron chi connectivity index (χ1n) is 8.88. The van der Waals surface area contributed by atoms with Crippen LogP contribution in [0.25, 0.3) is 0 Å². The van der Waals surface area contributed by atoms with Gasteiger partial charge in [-0.1, -0.05) is 12.1 Å². The number of carbonyl (C=O) groups excluding carboxylic acids is 1. The van der Waals surface area contributed by atoms with Crippen LogP contribution >= 0.6 is 0 Å². The fraction of sp³-hybridized carbons (Fsp3) is 0.474. The third-order valence-electron chi connectivity index (χ3n) is 4.35. The van der Waals surface area contributed by atoms with Crippen molar-refractivity contribution in [2.24, 2.45) is 0 Å². The molecule has 1 aromatic carbocycles. The van der Waals surface area contributed by atoms with E-state index in [9.17, 15) is 4.79 Å². The molecule has 1 saturated heterocycles. The molecule has 0 spiro atoms. The largest absolute Gasteiger partial charge is 0.491 e. The Kier molecular flexibility index (Phi) is 5.71. The van der Waals surface area contributed by atoms with Gasteiger partial charge in [-0.15, -0.1) is 0 Å². The van der Waals surface area contributed by atoms with E-state index in [1.165, 1.54) is 0 Å². The maximum absolute atomic E-state index is 12.4. The van der Waals surface area contributed by atoms with Gasteiger partial charge in [-0.2, -0.15) is 5.10 Å². The highest BCUT2D eigenvalue weighted by Gasteiger charge is 2.18. The predicted octanol–water partition coefficient (Wildman–Crippen LogP) is 2.31. The SMILES string of the molecule is Cc1cccc(OCC(C)NC(=O)c2ccn(C3CCCNC3)n2)c1. The molecule has 2 heterocycles. The number of aryl methyl sites for hydroxylation is 1. The molecule has 2 atom stereocenters. The molecule has 1 aliphatic heterocycles. The van der Waals surface area contributed by atoms with Crippen LogP contribution in [0.2, 0.25) is 0 Å². The zero-order chi connectivity index (χ0) is 17.6. The Bertz CT molecular complexity index is 707. The van der Waals surface area contributed by atoms with Gasteiger partial charge in [0.2, 0.25) is 0 Å². The van der Waals surface area contributed by atoms with Gasteiger partial charge in [-0.3, -0.25) is 9.48 Å². The molecule has 2 N–H and O–H groups in total. The highest BCUT2D eigenvalue weighted by molar-refractivity contribution is 5.92. The van der Waals surface area contributed by atoms with Crippen molar-refractivity contribution < 1.29 is 9.53 Å². The summed E-state index contributed by atoms with van der Waals surface area (Å²) in [4.78, 5) is 12.4. The molecule has 1 amide bonds. The number of benzene rings is 1. The minimum absolute atomic E-state index is 0.102. The molecule has 0 aliphatic carbocycles. The molecular weight excluding hydrogens is 316 g/mol. The van der Waals surface area contributed by atoms with Gasteiger partial charge >= 0.3 is 0 Å². The molecule has 0 saturated carbocycles. The summed E-state index contributed by atoms with van der Waals surface area (Å²) in [5.74, 6) is 0.651. The standard InChI is InChI=1S/C19H26N4O2/c1-14-5-3-7-17(11-14)25-13-15(2)21-19(24)18-8-10-23(22-18)16-6-4-9-20-12-16/h3,5,7-8,10-11,15-16,20H,4,6,9,12-13H2,1-2H3,(H,21,24). The number of piperidine rings is 1. The summed E-state index contributed by atoms with van der Waals surface area (Å²) >= 11 is 0. The lowest BCUT2D eigenvalue weighted by molar-refractivity contribution is 0.0920. The van der Waals surface area contributed by atoms with E-state index in [-0.39, 0.29) is 11.9 Å². The molecule has 2 aromatic rings. The predicted molar refractivity (Wildman–Crippen MR) is 97.0 cm³/mol. The molecule has 3 rings (SSSR count). The molecule has 6 nitrogen and oxygen atoms in total. The van der Waals surface area contributed by atoms with Crippen LogP contribution in [0.4, 0.5) is 0 Å². The average molecular weight is 342 g/mol. The lowest BCUT2D eigenvalue weighted by Crippen LogP contribution is -2.37. The summed E-state index contributed by atoms with van der Waals surface area (Å²) in [5, 5.41) is 10.7. The van der Waals surface area contributed by atoms with Crippen LogP contribution in [0.3, 0.4) is 0 Å². The van der Waals surface area contributed by atoms with E-state index in [1.54, 1.807) is 6.07 Å². The number of rotatable bonds is 6. The quantitative estimate of drug-likeness (QED) is 0.845. The van der Waals surface area contributed by atoms with Crippen LogP contribution < -0.4 is 15.4 Å². The van der Waals surface area contributed by atoms with Crippen molar-refractivity contribution in [1.82, 2.24) is 20.4 Å². The van der Waals surface area contributed by atoms with Gasteiger partial charge in [-0.25, -0.2) is 0 Å². The molecule has 6 heteroatoms. The summed E-state index contributed by atoms with van der Waals surface area (Å²) < 4.78 is 7.63. The van der Waals surface area contributed by atoms with Crippen LogP contribution in [0, 0.1) is 6.92 Å². The first kappa shape index (κ1) is 17.5. The van der Waals surface area contributed by atoms with Gasteiger partial charge in [0.15, 0.2) is 0 Å². The molecular formula is C19H26N4O2. The summed E-state index contributed by atoms with van der Waals surface area (Å²) in [6, 6.07) is 9.89. The minimum Gasteiger partial charge on any atom is -0.491 e. The van der Waals surface area contributed by atoms with Crippen molar-refractivity contribution in [3.05, 3.63) is 47.8 Å². The van der Waals surface area contributed by atoms with Crippen LogP contribution in [0.1, 0.15) is 41.9 Å². The fourth-order valence-corrected chi connectivity index (χ4v) is 2.99. The summed E-state index contributed by atoms with van der Waals surface area (Å²) in [6.07, 6.45) is 4.12. The van der Waals surface area contributed by atoms with Gasteiger partial charge in [0.25, 0.3) is 5.91 Å². The number of hydrogen-bond donors (Lipinski definition) is 2. The number of hydrogen-bond acceptors (Lipinski definition) is 4. The van der Waals surface area contributed by atoms with Gasteiger partial charge in [0, 0.05) is 12.7 Å². The van der Waals surface area contributed by atoms with E-state index in [1.807, 2.05) is 49.0 Å². The van der Waals surface area contributed by atoms with Crippen molar-refractivity contribution in [3.8, 4) is 5.75 Å². The number of carbonyl (C=O) groups is 1. The molecule has 1 fully saturated rings. The molecule has 1 aliphatic rings. The van der Waals surface area contributed by atoms with Gasteiger partial charge in [0.1, 0.15) is 18.1 Å². The highest BCUT2D eigenvalue weighted by atomic mass is 16.5. The maximum atomic E-state index is 12.4. The van der Waals surface area contributed by atoms with Gasteiger partial charge in [0.05, 0.1) is 12.1 Å². The number of amides is 1. The first-order chi connectivity index (χ1) is 12.1. The molecule has 0 radical (unpaired) electrons. The minimum atomic E-state index is -0.164. The van der Waals surface area contributed by atoms with Crippen molar-refractivity contribution in [1.29, 1.82) is 0 Å². The monoisotopic (exact) mass is 342 g/mol. The molecule has 2 unspecified atom stereocenters. The molecule has 25 heavy (non-hydrogen) atoms. The van der Waals surface area contributed by atoms with E-state index in [2.05, 4.69) is 15.7 Å². The van der Waals surface area contributed by atoms with Gasteiger partial charge in [-0.05, 0) is 57.0 Å². The van der Waals surface area contributed by atoms with Crippen LogP contribution in [-0.2, 0) is 0 Å². The van der Waals surface area contributed by atoms with Crippen LogP contribution in [0.15, 0.2) is 36.5 Å². The van der Waals surface area contributed by atoms with Crippen molar-refractivity contribution in [2.75, 3.05) is 19.7 Å². The summed E-state index contributed by atoms with van der Waals surface area (Å²) in [5.41, 5.74) is 1.60. The third kappa shape index (κ3) is 4.82. The van der Waals surface area contributed by atoms with Crippen molar-refractivity contribution >= 4 is 5.91 Å². The summed E-state index contributed by atoms with van der Waals surface area (Å²) in [6.45, 7) is 6.33. The Hall–Kier alpha value is -2.34. The fourth-order valence-electron chi connectivity index (χ4n) is 2.99. The zero-order valence-corrected chi connectivity index (χ0v) is 14.9. The van der Waals surface area contributed by atoms with E-state index >= 15 is 0 Å².